The zero-order chi connectivity index (χ0) is 21.8. The number of oxazole rings is 1. The molecule has 164 valence electrons. The molecule has 3 aromatic rings. The van der Waals surface area contributed by atoms with Crippen LogP contribution in [0.5, 0.6) is 5.75 Å². The molecule has 2 aromatic carbocycles. The van der Waals surface area contributed by atoms with E-state index in [1.54, 1.807) is 37.4 Å². The summed E-state index contributed by atoms with van der Waals surface area (Å²) in [7, 11) is -2.26. The molecular weight excluding hydrogens is 438 g/mol. The van der Waals surface area contributed by atoms with Crippen molar-refractivity contribution in [3.05, 3.63) is 42.5 Å². The third-order valence-corrected chi connectivity index (χ3v) is 7.25. The lowest BCUT2D eigenvalue weighted by Gasteiger charge is -2.10. The Morgan fingerprint density at radius 2 is 1.94 bits per heavy atom. The largest absolute Gasteiger partial charge is 0.497 e. The minimum Gasteiger partial charge on any atom is -0.497 e. The SMILES string of the molecule is COc1ccc(NS(=O)(=O)c2ccc3oc(SCC(=O)NC4CCCC4)nc3c2)cc1. The Morgan fingerprint density at radius 3 is 2.65 bits per heavy atom. The fraction of sp³-hybridized carbons (Fsp3) is 0.333. The predicted octanol–water partition coefficient (Wildman–Crippen LogP) is 3.79. The van der Waals surface area contributed by atoms with Crippen LogP contribution in [0.2, 0.25) is 0 Å². The van der Waals surface area contributed by atoms with Crippen molar-refractivity contribution >= 4 is 44.5 Å². The third kappa shape index (κ3) is 5.31. The summed E-state index contributed by atoms with van der Waals surface area (Å²) in [5, 5.41) is 3.35. The van der Waals surface area contributed by atoms with Gasteiger partial charge in [0.05, 0.1) is 17.8 Å². The Labute approximate surface area is 184 Å². The molecule has 0 saturated heterocycles. The average Bonchev–Trinajstić information content (AvgIpc) is 3.41. The lowest BCUT2D eigenvalue weighted by atomic mass is 10.2. The molecule has 1 aromatic heterocycles. The predicted molar refractivity (Wildman–Crippen MR) is 119 cm³/mol. The van der Waals surface area contributed by atoms with E-state index in [9.17, 15) is 13.2 Å². The first-order valence-electron chi connectivity index (χ1n) is 9.92. The molecule has 1 fully saturated rings. The number of aromatic nitrogens is 1. The van der Waals surface area contributed by atoms with E-state index in [1.807, 2.05) is 0 Å². The number of hydrogen-bond acceptors (Lipinski definition) is 7. The quantitative estimate of drug-likeness (QED) is 0.491. The molecular formula is C21H23N3O5S2. The van der Waals surface area contributed by atoms with Crippen LogP contribution in [0.1, 0.15) is 25.7 Å². The van der Waals surface area contributed by atoms with Crippen molar-refractivity contribution in [3.63, 3.8) is 0 Å². The molecule has 31 heavy (non-hydrogen) atoms. The van der Waals surface area contributed by atoms with Gasteiger partial charge in [0.25, 0.3) is 15.2 Å². The van der Waals surface area contributed by atoms with E-state index < -0.39 is 10.0 Å². The number of nitrogens with one attached hydrogen (secondary N) is 2. The molecule has 1 aliphatic rings. The molecule has 0 bridgehead atoms. The molecule has 0 unspecified atom stereocenters. The van der Waals surface area contributed by atoms with E-state index in [0.717, 1.165) is 25.7 Å². The van der Waals surface area contributed by atoms with Crippen molar-refractivity contribution in [1.29, 1.82) is 0 Å². The minimum absolute atomic E-state index is 0.0499. The van der Waals surface area contributed by atoms with Gasteiger partial charge in [-0.1, -0.05) is 24.6 Å². The summed E-state index contributed by atoms with van der Waals surface area (Å²) >= 11 is 1.19. The maximum Gasteiger partial charge on any atom is 0.261 e. The number of benzene rings is 2. The molecule has 8 nitrogen and oxygen atoms in total. The van der Waals surface area contributed by atoms with Crippen LogP contribution in [0.3, 0.4) is 0 Å². The number of carbonyl (C=O) groups excluding carboxylic acids is 1. The van der Waals surface area contributed by atoms with Gasteiger partial charge in [-0.15, -0.1) is 0 Å². The van der Waals surface area contributed by atoms with Crippen LogP contribution >= 0.6 is 11.8 Å². The molecule has 1 saturated carbocycles. The van der Waals surface area contributed by atoms with Gasteiger partial charge in [-0.25, -0.2) is 13.4 Å². The van der Waals surface area contributed by atoms with Gasteiger partial charge < -0.3 is 14.5 Å². The van der Waals surface area contributed by atoms with Crippen molar-refractivity contribution in [1.82, 2.24) is 10.3 Å². The first-order chi connectivity index (χ1) is 14.9. The van der Waals surface area contributed by atoms with Gasteiger partial charge in [-0.2, -0.15) is 0 Å². The van der Waals surface area contributed by atoms with Gasteiger partial charge in [0.15, 0.2) is 5.58 Å². The number of amides is 1. The van der Waals surface area contributed by atoms with Crippen LogP contribution in [0.25, 0.3) is 11.1 Å². The van der Waals surface area contributed by atoms with E-state index in [1.165, 1.54) is 23.9 Å². The Balaban J connectivity index is 1.43. The van der Waals surface area contributed by atoms with Crippen molar-refractivity contribution in [2.45, 2.75) is 41.8 Å². The number of rotatable bonds is 8. The Hall–Kier alpha value is -2.72. The number of ether oxygens (including phenoxy) is 1. The molecule has 1 aliphatic carbocycles. The number of fused-ring (bicyclic) bond motifs is 1. The maximum absolute atomic E-state index is 12.7. The van der Waals surface area contributed by atoms with Gasteiger partial charge in [-0.05, 0) is 55.3 Å². The number of sulfonamides is 1. The smallest absolute Gasteiger partial charge is 0.261 e. The minimum atomic E-state index is -3.80. The first kappa shape index (κ1) is 21.5. The molecule has 0 spiro atoms. The van der Waals surface area contributed by atoms with Gasteiger partial charge in [-0.3, -0.25) is 9.52 Å². The molecule has 0 atom stereocenters. The molecule has 4 rings (SSSR count). The number of thioether (sulfide) groups is 1. The highest BCUT2D eigenvalue weighted by atomic mass is 32.2. The second-order valence-corrected chi connectivity index (χ2v) is 9.89. The molecule has 1 amide bonds. The van der Waals surface area contributed by atoms with Crippen molar-refractivity contribution in [2.24, 2.45) is 0 Å². The molecule has 0 radical (unpaired) electrons. The summed E-state index contributed by atoms with van der Waals surface area (Å²) in [6, 6.07) is 11.3. The van der Waals surface area contributed by atoms with Crippen LogP contribution in [0.15, 0.2) is 57.0 Å². The van der Waals surface area contributed by atoms with Crippen molar-refractivity contribution < 1.29 is 22.4 Å². The normalized spacial score (nSPS) is 14.6. The highest BCUT2D eigenvalue weighted by Gasteiger charge is 2.19. The zero-order valence-corrected chi connectivity index (χ0v) is 18.6. The Kier molecular flexibility index (Phi) is 6.38. The molecule has 1 heterocycles. The van der Waals surface area contributed by atoms with Gasteiger partial charge in [0.1, 0.15) is 11.3 Å². The molecule has 2 N–H and O–H groups in total. The van der Waals surface area contributed by atoms with Crippen LogP contribution < -0.4 is 14.8 Å². The summed E-state index contributed by atoms with van der Waals surface area (Å²) in [6.45, 7) is 0. The monoisotopic (exact) mass is 461 g/mol. The summed E-state index contributed by atoms with van der Waals surface area (Å²) in [5.74, 6) is 0.785. The summed E-state index contributed by atoms with van der Waals surface area (Å²) < 4.78 is 38.7. The lowest BCUT2D eigenvalue weighted by Crippen LogP contribution is -2.33. The highest BCUT2D eigenvalue weighted by molar-refractivity contribution is 7.99. The number of hydrogen-bond donors (Lipinski definition) is 2. The highest BCUT2D eigenvalue weighted by Crippen LogP contribution is 2.27. The third-order valence-electron chi connectivity index (χ3n) is 5.04. The maximum atomic E-state index is 12.7. The van der Waals surface area contributed by atoms with E-state index in [4.69, 9.17) is 9.15 Å². The molecule has 0 aliphatic heterocycles. The van der Waals surface area contributed by atoms with Crippen LogP contribution in [-0.4, -0.2) is 38.2 Å². The molecule has 10 heteroatoms. The van der Waals surface area contributed by atoms with E-state index in [-0.39, 0.29) is 22.6 Å². The van der Waals surface area contributed by atoms with Gasteiger partial charge in [0.2, 0.25) is 5.91 Å². The standard InChI is InChI=1S/C21H23N3O5S2/c1-28-16-8-6-15(7-9-16)24-31(26,27)17-10-11-19-18(12-17)23-21(29-19)30-13-20(25)22-14-4-2-3-5-14/h6-12,14,24H,2-5,13H2,1H3,(H,22,25). The van der Waals surface area contributed by atoms with Crippen LogP contribution in [0.4, 0.5) is 5.69 Å². The fourth-order valence-electron chi connectivity index (χ4n) is 3.45. The number of nitrogens with zero attached hydrogens (tertiary/aromatic N) is 1. The van der Waals surface area contributed by atoms with E-state index in [0.29, 0.717) is 27.8 Å². The van der Waals surface area contributed by atoms with Gasteiger partial charge >= 0.3 is 0 Å². The first-order valence-corrected chi connectivity index (χ1v) is 12.4. The van der Waals surface area contributed by atoms with Crippen LogP contribution in [-0.2, 0) is 14.8 Å². The van der Waals surface area contributed by atoms with Gasteiger partial charge in [0, 0.05) is 11.7 Å². The van der Waals surface area contributed by atoms with Crippen molar-refractivity contribution in [2.75, 3.05) is 17.6 Å². The summed E-state index contributed by atoms with van der Waals surface area (Å²) in [5.41, 5.74) is 1.30. The second-order valence-electron chi connectivity index (χ2n) is 7.28. The second kappa shape index (κ2) is 9.19. The lowest BCUT2D eigenvalue weighted by molar-refractivity contribution is -0.119. The Bertz CT molecular complexity index is 1170. The fourth-order valence-corrected chi connectivity index (χ4v) is 5.18. The number of carbonyl (C=O) groups is 1. The topological polar surface area (TPSA) is 111 Å². The van der Waals surface area contributed by atoms with E-state index >= 15 is 0 Å². The summed E-state index contributed by atoms with van der Waals surface area (Å²) in [6.07, 6.45) is 4.37. The zero-order valence-electron chi connectivity index (χ0n) is 17.0. The van der Waals surface area contributed by atoms with Crippen molar-refractivity contribution in [3.8, 4) is 5.75 Å². The average molecular weight is 462 g/mol. The Morgan fingerprint density at radius 1 is 1.19 bits per heavy atom. The van der Waals surface area contributed by atoms with Crippen LogP contribution in [0, 0.1) is 0 Å². The van der Waals surface area contributed by atoms with E-state index in [2.05, 4.69) is 15.0 Å². The summed E-state index contributed by atoms with van der Waals surface area (Å²) in [4.78, 5) is 16.5. The number of anilines is 1. The number of methoxy groups -OCH3 is 1.